The van der Waals surface area contributed by atoms with E-state index in [-0.39, 0.29) is 11.8 Å². The molecular formula is C25H23N3O5. The molecule has 4 rings (SSSR count). The molecule has 1 N–H and O–H groups in total. The molecule has 0 bridgehead atoms. The number of anilines is 1. The van der Waals surface area contributed by atoms with Crippen LogP contribution < -0.4 is 19.5 Å². The van der Waals surface area contributed by atoms with Crippen LogP contribution in [0.4, 0.5) is 5.69 Å². The molecule has 0 fully saturated rings. The second kappa shape index (κ2) is 9.86. The lowest BCUT2D eigenvalue weighted by molar-refractivity contribution is -0.122. The first kappa shape index (κ1) is 21.9. The van der Waals surface area contributed by atoms with Crippen LogP contribution in [-0.2, 0) is 4.79 Å². The Balaban J connectivity index is 1.52. The number of aromatic nitrogens is 2. The third-order valence-electron chi connectivity index (χ3n) is 4.93. The van der Waals surface area contributed by atoms with E-state index in [1.54, 1.807) is 45.4 Å². The molecule has 3 aromatic carbocycles. The second-order valence-electron chi connectivity index (χ2n) is 7.10. The first-order valence-electron chi connectivity index (χ1n) is 10.3. The standard InChI is InChI=1S/C25H23N3O5/c1-16(32-22-11-7-6-10-21(22)31-3)24(29)26-20-9-5-4-8-19(20)25-27-23(28-33-25)17-12-14-18(30-2)15-13-17/h4-16H,1-3H3,(H,26,29). The summed E-state index contributed by atoms with van der Waals surface area (Å²) in [4.78, 5) is 17.3. The summed E-state index contributed by atoms with van der Waals surface area (Å²) in [5.41, 5.74) is 1.91. The normalized spacial score (nSPS) is 11.5. The van der Waals surface area contributed by atoms with Crippen LogP contribution in [0.2, 0.25) is 0 Å². The molecule has 168 valence electrons. The molecule has 1 heterocycles. The number of nitrogens with zero attached hydrogens (tertiary/aromatic N) is 2. The van der Waals surface area contributed by atoms with E-state index in [2.05, 4.69) is 15.5 Å². The SMILES string of the molecule is COc1ccc(-c2noc(-c3ccccc3NC(=O)C(C)Oc3ccccc3OC)n2)cc1. The number of carbonyl (C=O) groups excluding carboxylic acids is 1. The van der Waals surface area contributed by atoms with E-state index >= 15 is 0 Å². The summed E-state index contributed by atoms with van der Waals surface area (Å²) in [7, 11) is 3.16. The van der Waals surface area contributed by atoms with Crippen molar-refractivity contribution in [2.45, 2.75) is 13.0 Å². The van der Waals surface area contributed by atoms with Gasteiger partial charge in [0.2, 0.25) is 5.82 Å². The van der Waals surface area contributed by atoms with Crippen LogP contribution in [0.1, 0.15) is 6.92 Å². The van der Waals surface area contributed by atoms with Gasteiger partial charge < -0.3 is 24.1 Å². The molecule has 1 unspecified atom stereocenters. The lowest BCUT2D eigenvalue weighted by Gasteiger charge is -2.17. The maximum atomic E-state index is 12.8. The van der Waals surface area contributed by atoms with Crippen LogP contribution in [0.3, 0.4) is 0 Å². The van der Waals surface area contributed by atoms with Gasteiger partial charge in [0.25, 0.3) is 11.8 Å². The Kier molecular flexibility index (Phi) is 6.54. The molecule has 1 atom stereocenters. The Hall–Kier alpha value is -4.33. The van der Waals surface area contributed by atoms with Crippen molar-refractivity contribution >= 4 is 11.6 Å². The smallest absolute Gasteiger partial charge is 0.265 e. The van der Waals surface area contributed by atoms with Crippen molar-refractivity contribution in [1.29, 1.82) is 0 Å². The van der Waals surface area contributed by atoms with E-state index < -0.39 is 6.10 Å². The minimum atomic E-state index is -0.771. The number of para-hydroxylation sites is 3. The monoisotopic (exact) mass is 445 g/mol. The fraction of sp³-hybridized carbons (Fsp3) is 0.160. The number of methoxy groups -OCH3 is 2. The molecule has 8 nitrogen and oxygen atoms in total. The van der Waals surface area contributed by atoms with Crippen molar-refractivity contribution in [2.75, 3.05) is 19.5 Å². The largest absolute Gasteiger partial charge is 0.497 e. The van der Waals surface area contributed by atoms with Crippen molar-refractivity contribution in [3.63, 3.8) is 0 Å². The highest BCUT2D eigenvalue weighted by atomic mass is 16.5. The molecule has 1 amide bonds. The van der Waals surface area contributed by atoms with Crippen molar-refractivity contribution in [3.8, 4) is 40.1 Å². The average molecular weight is 445 g/mol. The Morgan fingerprint density at radius 3 is 2.33 bits per heavy atom. The second-order valence-corrected chi connectivity index (χ2v) is 7.10. The van der Waals surface area contributed by atoms with E-state index in [1.807, 2.05) is 48.5 Å². The molecule has 33 heavy (non-hydrogen) atoms. The number of nitrogens with one attached hydrogen (secondary N) is 1. The third kappa shape index (κ3) is 4.95. The first-order chi connectivity index (χ1) is 16.1. The maximum absolute atomic E-state index is 12.8. The fourth-order valence-electron chi connectivity index (χ4n) is 3.16. The van der Waals surface area contributed by atoms with Crippen LogP contribution in [-0.4, -0.2) is 36.4 Å². The Bertz CT molecular complexity index is 1240. The predicted octanol–water partition coefficient (Wildman–Crippen LogP) is 4.83. The van der Waals surface area contributed by atoms with E-state index in [0.29, 0.717) is 28.6 Å². The molecule has 0 aliphatic rings. The number of amides is 1. The van der Waals surface area contributed by atoms with Gasteiger partial charge in [-0.15, -0.1) is 0 Å². The van der Waals surface area contributed by atoms with Gasteiger partial charge in [-0.1, -0.05) is 29.4 Å². The van der Waals surface area contributed by atoms with Gasteiger partial charge in [0.1, 0.15) is 5.75 Å². The fourth-order valence-corrected chi connectivity index (χ4v) is 3.16. The highest BCUT2D eigenvalue weighted by Gasteiger charge is 2.20. The number of benzene rings is 3. The van der Waals surface area contributed by atoms with Gasteiger partial charge in [0.05, 0.1) is 25.5 Å². The minimum absolute atomic E-state index is 0.287. The maximum Gasteiger partial charge on any atom is 0.265 e. The van der Waals surface area contributed by atoms with Crippen molar-refractivity contribution in [3.05, 3.63) is 72.8 Å². The lowest BCUT2D eigenvalue weighted by Crippen LogP contribution is -2.30. The topological polar surface area (TPSA) is 95.7 Å². The number of hydrogen-bond donors (Lipinski definition) is 1. The molecule has 1 aromatic heterocycles. The summed E-state index contributed by atoms with van der Waals surface area (Å²) in [6, 6.07) is 21.7. The van der Waals surface area contributed by atoms with Crippen LogP contribution in [0.15, 0.2) is 77.3 Å². The van der Waals surface area contributed by atoms with Crippen molar-refractivity contribution in [2.24, 2.45) is 0 Å². The number of ether oxygens (including phenoxy) is 3. The van der Waals surface area contributed by atoms with Gasteiger partial charge in [-0.05, 0) is 55.5 Å². The van der Waals surface area contributed by atoms with E-state index in [9.17, 15) is 4.79 Å². The van der Waals surface area contributed by atoms with Crippen LogP contribution >= 0.6 is 0 Å². The van der Waals surface area contributed by atoms with Gasteiger partial charge >= 0.3 is 0 Å². The third-order valence-corrected chi connectivity index (χ3v) is 4.93. The van der Waals surface area contributed by atoms with Crippen molar-refractivity contribution < 1.29 is 23.5 Å². The quantitative estimate of drug-likeness (QED) is 0.415. The van der Waals surface area contributed by atoms with Gasteiger partial charge in [-0.2, -0.15) is 4.98 Å². The Morgan fingerprint density at radius 2 is 1.61 bits per heavy atom. The highest BCUT2D eigenvalue weighted by molar-refractivity contribution is 5.97. The summed E-state index contributed by atoms with van der Waals surface area (Å²) >= 11 is 0. The van der Waals surface area contributed by atoms with E-state index in [0.717, 1.165) is 11.3 Å². The molecule has 0 aliphatic heterocycles. The van der Waals surface area contributed by atoms with Crippen LogP contribution in [0.25, 0.3) is 22.8 Å². The molecular weight excluding hydrogens is 422 g/mol. The molecule has 0 saturated carbocycles. The van der Waals surface area contributed by atoms with Crippen molar-refractivity contribution in [1.82, 2.24) is 10.1 Å². The summed E-state index contributed by atoms with van der Waals surface area (Å²) in [6.07, 6.45) is -0.771. The average Bonchev–Trinajstić information content (AvgIpc) is 3.35. The summed E-state index contributed by atoms with van der Waals surface area (Å²) in [6.45, 7) is 1.67. The molecule has 0 aliphatic carbocycles. The van der Waals surface area contributed by atoms with Gasteiger partial charge in [-0.25, -0.2) is 0 Å². The van der Waals surface area contributed by atoms with Gasteiger partial charge in [-0.3, -0.25) is 4.79 Å². The predicted molar refractivity (Wildman–Crippen MR) is 123 cm³/mol. The zero-order valence-electron chi connectivity index (χ0n) is 18.4. The molecule has 8 heteroatoms. The zero-order valence-corrected chi connectivity index (χ0v) is 18.4. The van der Waals surface area contributed by atoms with E-state index in [1.165, 1.54) is 0 Å². The van der Waals surface area contributed by atoms with E-state index in [4.69, 9.17) is 18.7 Å². The Morgan fingerprint density at radius 1 is 0.909 bits per heavy atom. The summed E-state index contributed by atoms with van der Waals surface area (Å²) < 4.78 is 21.7. The summed E-state index contributed by atoms with van der Waals surface area (Å²) in [5, 5.41) is 6.95. The number of rotatable bonds is 8. The molecule has 0 radical (unpaired) electrons. The first-order valence-corrected chi connectivity index (χ1v) is 10.3. The lowest BCUT2D eigenvalue weighted by atomic mass is 10.1. The van der Waals surface area contributed by atoms with Crippen LogP contribution in [0.5, 0.6) is 17.2 Å². The summed E-state index contributed by atoms with van der Waals surface area (Å²) in [5.74, 6) is 2.16. The minimum Gasteiger partial charge on any atom is -0.497 e. The van der Waals surface area contributed by atoms with Crippen LogP contribution in [0, 0.1) is 0 Å². The Labute approximate surface area is 191 Å². The molecule has 4 aromatic rings. The van der Waals surface area contributed by atoms with Gasteiger partial charge in [0, 0.05) is 5.56 Å². The van der Waals surface area contributed by atoms with Gasteiger partial charge in [0.15, 0.2) is 17.6 Å². The molecule has 0 saturated heterocycles. The highest BCUT2D eigenvalue weighted by Crippen LogP contribution is 2.30. The zero-order chi connectivity index (χ0) is 23.2. The number of hydrogen-bond acceptors (Lipinski definition) is 7. The number of carbonyl (C=O) groups is 1. The molecule has 0 spiro atoms.